The van der Waals surface area contributed by atoms with Gasteiger partial charge in [0.15, 0.2) is 0 Å². The van der Waals surface area contributed by atoms with Crippen molar-refractivity contribution in [2.24, 2.45) is 11.8 Å². The van der Waals surface area contributed by atoms with E-state index in [9.17, 15) is 19.5 Å². The van der Waals surface area contributed by atoms with Crippen molar-refractivity contribution in [2.75, 3.05) is 0 Å². The number of amides is 3. The monoisotopic (exact) mass is 378 g/mol. The Hall–Kier alpha value is -3.35. The minimum Gasteiger partial charge on any atom is -0.488 e. The fraction of sp³-hybridized carbons (Fsp3) is 0.286. The van der Waals surface area contributed by atoms with Crippen LogP contribution in [0.5, 0.6) is 0 Å². The zero-order valence-electron chi connectivity index (χ0n) is 14.8. The maximum absolute atomic E-state index is 12.7. The first-order chi connectivity index (χ1) is 13.5. The van der Waals surface area contributed by atoms with Crippen LogP contribution < -0.4 is 21.1 Å². The van der Waals surface area contributed by atoms with E-state index in [1.54, 1.807) is 6.26 Å². The van der Waals surface area contributed by atoms with Gasteiger partial charge in [0.2, 0.25) is 0 Å². The predicted octanol–water partition coefficient (Wildman–Crippen LogP) is 0.159. The summed E-state index contributed by atoms with van der Waals surface area (Å²) in [5, 5.41) is 16.4. The minimum absolute atomic E-state index is 0.202. The normalized spacial score (nSPS) is 32.2. The highest BCUT2D eigenvalue weighted by molar-refractivity contribution is 6.08. The van der Waals surface area contributed by atoms with Crippen LogP contribution in [0.25, 0.3) is 11.8 Å². The van der Waals surface area contributed by atoms with Crippen LogP contribution in [0, 0.1) is 11.8 Å². The summed E-state index contributed by atoms with van der Waals surface area (Å²) >= 11 is 0. The summed E-state index contributed by atoms with van der Waals surface area (Å²) in [6.45, 7) is 0. The second-order valence-electron chi connectivity index (χ2n) is 7.62. The third kappa shape index (κ3) is 2.39. The molecule has 2 aliphatic carbocycles. The van der Waals surface area contributed by atoms with Gasteiger partial charge >= 0.3 is 12.0 Å². The van der Waals surface area contributed by atoms with Crippen LogP contribution in [0.1, 0.15) is 12.8 Å². The first-order valence-electron chi connectivity index (χ1n) is 9.18. The summed E-state index contributed by atoms with van der Waals surface area (Å²) in [5.74, 6) is -2.49. The molecule has 1 saturated carbocycles. The van der Waals surface area contributed by atoms with E-state index in [4.69, 9.17) is 4.74 Å². The average molecular weight is 378 g/mol. The number of hydrogen-bond donors (Lipinski definition) is 3. The zero-order valence-corrected chi connectivity index (χ0v) is 14.8. The van der Waals surface area contributed by atoms with Gasteiger partial charge in [-0.15, -0.1) is 0 Å². The van der Waals surface area contributed by atoms with Gasteiger partial charge in [0.1, 0.15) is 11.6 Å². The molecule has 4 aliphatic rings. The van der Waals surface area contributed by atoms with Gasteiger partial charge in [-0.2, -0.15) is 0 Å². The van der Waals surface area contributed by atoms with E-state index in [2.05, 4.69) is 10.6 Å². The molecule has 0 radical (unpaired) electrons. The number of rotatable bonds is 4. The molecule has 4 atom stereocenters. The number of hydrogen-bond acceptors (Lipinski definition) is 4. The van der Waals surface area contributed by atoms with Crippen LogP contribution in [0.2, 0.25) is 0 Å². The molecule has 5 rings (SSSR count). The van der Waals surface area contributed by atoms with E-state index >= 15 is 0 Å². The van der Waals surface area contributed by atoms with E-state index in [1.807, 2.05) is 42.5 Å². The van der Waals surface area contributed by atoms with E-state index in [-0.39, 0.29) is 12.5 Å². The molecule has 2 unspecified atom stereocenters. The zero-order chi connectivity index (χ0) is 19.5. The van der Waals surface area contributed by atoms with Crippen molar-refractivity contribution in [3.63, 3.8) is 0 Å². The van der Waals surface area contributed by atoms with Gasteiger partial charge in [0.25, 0.3) is 5.91 Å². The lowest BCUT2D eigenvalue weighted by molar-refractivity contribution is -0.139. The fourth-order valence-corrected chi connectivity index (χ4v) is 4.55. The number of fused-ring (bicyclic) bond motifs is 2. The number of carbonyl (C=O) groups excluding carboxylic acids is 2. The van der Waals surface area contributed by atoms with Crippen molar-refractivity contribution in [3.05, 3.63) is 58.5 Å². The van der Waals surface area contributed by atoms with E-state index in [0.717, 1.165) is 21.6 Å². The molecule has 2 aliphatic heterocycles. The number of imide groups is 1. The van der Waals surface area contributed by atoms with Crippen molar-refractivity contribution in [3.8, 4) is 0 Å². The fourth-order valence-electron chi connectivity index (χ4n) is 4.55. The number of urea groups is 1. The predicted molar refractivity (Wildman–Crippen MR) is 98.9 cm³/mol. The maximum atomic E-state index is 12.7. The molecule has 142 valence electrons. The summed E-state index contributed by atoms with van der Waals surface area (Å²) in [6.07, 6.45) is 7.66. The highest BCUT2D eigenvalue weighted by Gasteiger charge is 2.63. The highest BCUT2D eigenvalue weighted by atomic mass is 16.5. The van der Waals surface area contributed by atoms with Crippen LogP contribution in [0.15, 0.2) is 48.1 Å². The van der Waals surface area contributed by atoms with Gasteiger partial charge in [0.05, 0.1) is 12.2 Å². The maximum Gasteiger partial charge on any atom is 0.322 e. The van der Waals surface area contributed by atoms with Gasteiger partial charge in [0, 0.05) is 23.1 Å². The summed E-state index contributed by atoms with van der Waals surface area (Å²) in [6, 6.07) is 7.30. The Bertz CT molecular complexity index is 1100. The van der Waals surface area contributed by atoms with E-state index in [1.165, 1.54) is 0 Å². The lowest BCUT2D eigenvalue weighted by atomic mass is 9.80. The third-order valence-electron chi connectivity index (χ3n) is 6.00. The van der Waals surface area contributed by atoms with Crippen molar-refractivity contribution in [1.82, 2.24) is 10.6 Å². The quantitative estimate of drug-likeness (QED) is 0.648. The van der Waals surface area contributed by atoms with Crippen LogP contribution in [0.3, 0.4) is 0 Å². The number of carboxylic acids is 1. The Labute approximate surface area is 160 Å². The molecule has 28 heavy (non-hydrogen) atoms. The second-order valence-corrected chi connectivity index (χ2v) is 7.62. The van der Waals surface area contributed by atoms with E-state index < -0.39 is 35.3 Å². The van der Waals surface area contributed by atoms with Crippen molar-refractivity contribution in [1.29, 1.82) is 0 Å². The SMILES string of the molecule is O=C1NC(=O)C(CC2=CC=CC3=c4ccccc4=COC23)([C@@H]2C[C@H]2C(=O)O)N1. The molecule has 7 heteroatoms. The molecule has 1 saturated heterocycles. The Morgan fingerprint density at radius 2 is 2.11 bits per heavy atom. The average Bonchev–Trinajstić information content (AvgIpc) is 3.44. The number of nitrogens with one attached hydrogen (secondary N) is 2. The lowest BCUT2D eigenvalue weighted by Gasteiger charge is -2.33. The number of allylic oxidation sites excluding steroid dienone is 2. The van der Waals surface area contributed by atoms with Crippen molar-refractivity contribution < 1.29 is 24.2 Å². The highest BCUT2D eigenvalue weighted by Crippen LogP contribution is 2.50. The number of carbonyl (C=O) groups is 3. The largest absolute Gasteiger partial charge is 0.488 e. The van der Waals surface area contributed by atoms with Crippen molar-refractivity contribution in [2.45, 2.75) is 24.5 Å². The summed E-state index contributed by atoms with van der Waals surface area (Å²) in [4.78, 5) is 36.0. The van der Waals surface area contributed by atoms with Crippen LogP contribution >= 0.6 is 0 Å². The van der Waals surface area contributed by atoms with E-state index in [0.29, 0.717) is 6.42 Å². The van der Waals surface area contributed by atoms with Gasteiger partial charge in [-0.3, -0.25) is 14.9 Å². The molecule has 2 heterocycles. The summed E-state index contributed by atoms with van der Waals surface area (Å²) in [7, 11) is 0. The minimum atomic E-state index is -1.26. The Balaban J connectivity index is 1.53. The molecule has 3 amide bonds. The molecule has 2 fully saturated rings. The topological polar surface area (TPSA) is 105 Å². The Kier molecular flexibility index (Phi) is 3.49. The van der Waals surface area contributed by atoms with Gasteiger partial charge < -0.3 is 15.2 Å². The molecule has 0 aromatic heterocycles. The van der Waals surface area contributed by atoms with Gasteiger partial charge in [-0.05, 0) is 17.2 Å². The van der Waals surface area contributed by atoms with Gasteiger partial charge in [-0.1, -0.05) is 42.5 Å². The molecular weight excluding hydrogens is 360 g/mol. The first kappa shape index (κ1) is 16.8. The first-order valence-corrected chi connectivity index (χ1v) is 9.18. The molecule has 0 spiro atoms. The second kappa shape index (κ2) is 5.82. The number of aliphatic carboxylic acids is 1. The molecule has 1 aromatic carbocycles. The molecule has 3 N–H and O–H groups in total. The van der Waals surface area contributed by atoms with Gasteiger partial charge in [-0.25, -0.2) is 4.79 Å². The molecular formula is C21H18N2O5. The standard InChI is InChI=1S/C21H18N2O5/c24-18(25)15-8-16(15)21(19(26)22-20(27)23-21)9-11-5-3-7-14-13-6-2-1-4-12(13)10-28-17(11)14/h1-7,10,15-17H,8-9H2,(H,24,25)(H2,22,23,26,27)/t15-,16-,17?,21?/m1/s1. The molecule has 0 bridgehead atoms. The summed E-state index contributed by atoms with van der Waals surface area (Å²) < 4.78 is 5.97. The molecule has 7 nitrogen and oxygen atoms in total. The van der Waals surface area contributed by atoms with Crippen LogP contribution in [-0.4, -0.2) is 34.7 Å². The van der Waals surface area contributed by atoms with Crippen LogP contribution in [0.4, 0.5) is 4.79 Å². The van der Waals surface area contributed by atoms with Crippen molar-refractivity contribution >= 4 is 29.7 Å². The number of ether oxygens (including phenoxy) is 1. The Morgan fingerprint density at radius 3 is 2.82 bits per heavy atom. The summed E-state index contributed by atoms with van der Waals surface area (Å²) in [5.41, 5.74) is 0.556. The Morgan fingerprint density at radius 1 is 1.29 bits per heavy atom. The lowest BCUT2D eigenvalue weighted by Crippen LogP contribution is -2.51. The smallest absolute Gasteiger partial charge is 0.322 e. The number of carboxylic acid groups (broad SMARTS) is 1. The van der Waals surface area contributed by atoms with Crippen LogP contribution in [-0.2, 0) is 14.3 Å². The third-order valence-corrected chi connectivity index (χ3v) is 6.00. The number of benzene rings is 1. The molecule has 1 aromatic rings.